The van der Waals surface area contributed by atoms with E-state index < -0.39 is 0 Å². The molecule has 0 spiro atoms. The molecule has 2 heterocycles. The van der Waals surface area contributed by atoms with E-state index in [1.807, 2.05) is 40.8 Å². The van der Waals surface area contributed by atoms with Crippen molar-refractivity contribution in [3.63, 3.8) is 0 Å². The Labute approximate surface area is 155 Å². The second-order valence-corrected chi connectivity index (χ2v) is 7.00. The fraction of sp³-hybridized carbons (Fsp3) is 0.150. The van der Waals surface area contributed by atoms with E-state index in [9.17, 15) is 4.79 Å². The number of nitrogens with zero attached hydrogens (tertiary/aromatic N) is 4. The molecule has 4 aromatic rings. The van der Waals surface area contributed by atoms with Gasteiger partial charge in [-0.2, -0.15) is 0 Å². The molecule has 5 nitrogen and oxygen atoms in total. The first-order valence-electron chi connectivity index (χ1n) is 8.35. The van der Waals surface area contributed by atoms with Crippen LogP contribution in [0.25, 0.3) is 16.7 Å². The summed E-state index contributed by atoms with van der Waals surface area (Å²) in [6, 6.07) is 15.9. The molecule has 0 aliphatic heterocycles. The van der Waals surface area contributed by atoms with Crippen molar-refractivity contribution >= 4 is 28.4 Å². The molecule has 2 aromatic carbocycles. The zero-order valence-corrected chi connectivity index (χ0v) is 15.2. The summed E-state index contributed by atoms with van der Waals surface area (Å²) >= 11 is 1.62. The minimum Gasteiger partial charge on any atom is -0.272 e. The van der Waals surface area contributed by atoms with Gasteiger partial charge in [0.1, 0.15) is 0 Å². The molecule has 0 aliphatic rings. The molecule has 26 heavy (non-hydrogen) atoms. The Morgan fingerprint density at radius 3 is 2.69 bits per heavy atom. The van der Waals surface area contributed by atoms with Crippen LogP contribution in [0.15, 0.2) is 71.1 Å². The molecule has 0 saturated heterocycles. The fourth-order valence-corrected chi connectivity index (χ4v) is 4.05. The molecule has 0 radical (unpaired) electrons. The van der Waals surface area contributed by atoms with E-state index in [0.717, 1.165) is 16.4 Å². The van der Waals surface area contributed by atoms with Gasteiger partial charge in [-0.3, -0.25) is 13.8 Å². The number of allylic oxidation sites excluding steroid dienone is 1. The predicted octanol–water partition coefficient (Wildman–Crippen LogP) is 3.83. The van der Waals surface area contributed by atoms with E-state index in [1.54, 1.807) is 22.4 Å². The molecule has 0 atom stereocenters. The smallest absolute Gasteiger partial charge is 0.263 e. The maximum Gasteiger partial charge on any atom is 0.263 e. The quantitative estimate of drug-likeness (QED) is 0.400. The van der Waals surface area contributed by atoms with E-state index in [1.165, 1.54) is 11.1 Å². The van der Waals surface area contributed by atoms with Crippen molar-refractivity contribution in [1.82, 2.24) is 19.2 Å². The van der Waals surface area contributed by atoms with Crippen molar-refractivity contribution in [2.75, 3.05) is 0 Å². The zero-order valence-electron chi connectivity index (χ0n) is 14.4. The van der Waals surface area contributed by atoms with Gasteiger partial charge in [0.05, 0.1) is 10.9 Å². The van der Waals surface area contributed by atoms with Crippen LogP contribution in [-0.4, -0.2) is 19.2 Å². The highest BCUT2D eigenvalue weighted by Crippen LogP contribution is 2.25. The van der Waals surface area contributed by atoms with Crippen molar-refractivity contribution in [2.24, 2.45) is 0 Å². The fourth-order valence-electron chi connectivity index (χ4n) is 3.04. The van der Waals surface area contributed by atoms with E-state index in [4.69, 9.17) is 0 Å². The second kappa shape index (κ2) is 6.80. The van der Waals surface area contributed by atoms with Gasteiger partial charge in [0, 0.05) is 12.3 Å². The highest BCUT2D eigenvalue weighted by atomic mass is 32.2. The molecule has 6 heteroatoms. The lowest BCUT2D eigenvalue weighted by atomic mass is 10.1. The van der Waals surface area contributed by atoms with Crippen LogP contribution in [0.3, 0.4) is 0 Å². The normalized spacial score (nSPS) is 11.3. The van der Waals surface area contributed by atoms with Crippen LogP contribution in [0.1, 0.15) is 11.1 Å². The van der Waals surface area contributed by atoms with Gasteiger partial charge in [-0.05, 0) is 30.2 Å². The van der Waals surface area contributed by atoms with Gasteiger partial charge in [0.2, 0.25) is 5.78 Å². The molecular formula is C20H18N4OS. The van der Waals surface area contributed by atoms with Crippen LogP contribution in [0, 0.1) is 6.92 Å². The van der Waals surface area contributed by atoms with Crippen LogP contribution in [0.5, 0.6) is 0 Å². The van der Waals surface area contributed by atoms with Gasteiger partial charge in [-0.1, -0.05) is 54.2 Å². The topological polar surface area (TPSA) is 52.2 Å². The Bertz CT molecular complexity index is 1180. The van der Waals surface area contributed by atoms with E-state index >= 15 is 0 Å². The average molecular weight is 362 g/mol. The first-order valence-corrected chi connectivity index (χ1v) is 9.34. The monoisotopic (exact) mass is 362 g/mol. The summed E-state index contributed by atoms with van der Waals surface area (Å²) in [5.74, 6) is 1.34. The first kappa shape index (κ1) is 16.6. The number of para-hydroxylation sites is 1. The minimum absolute atomic E-state index is 0.0733. The third-order valence-corrected chi connectivity index (χ3v) is 5.39. The van der Waals surface area contributed by atoms with Crippen LogP contribution in [-0.2, 0) is 12.3 Å². The van der Waals surface area contributed by atoms with Gasteiger partial charge in [0.15, 0.2) is 5.16 Å². The van der Waals surface area contributed by atoms with Gasteiger partial charge < -0.3 is 0 Å². The van der Waals surface area contributed by atoms with E-state index in [-0.39, 0.29) is 5.56 Å². The lowest BCUT2D eigenvalue weighted by Crippen LogP contribution is -2.22. The zero-order chi connectivity index (χ0) is 18.1. The Hall–Kier alpha value is -2.86. The number of rotatable bonds is 5. The van der Waals surface area contributed by atoms with Crippen molar-refractivity contribution in [1.29, 1.82) is 0 Å². The van der Waals surface area contributed by atoms with Crippen molar-refractivity contribution in [3.05, 3.63) is 82.7 Å². The van der Waals surface area contributed by atoms with Gasteiger partial charge in [-0.25, -0.2) is 0 Å². The standard InChI is InChI=1S/C20H18N4OS/c1-3-12-23-18(25)16-10-6-7-11-17(16)24-19(23)21-22-20(24)26-13-15-9-5-4-8-14(15)2/h3-11H,1,12-13H2,2H3. The van der Waals surface area contributed by atoms with Crippen LogP contribution in [0.4, 0.5) is 0 Å². The van der Waals surface area contributed by atoms with E-state index in [2.05, 4.69) is 35.8 Å². The average Bonchev–Trinajstić information content (AvgIpc) is 3.08. The van der Waals surface area contributed by atoms with Crippen molar-refractivity contribution in [2.45, 2.75) is 24.4 Å². The third-order valence-electron chi connectivity index (χ3n) is 4.41. The van der Waals surface area contributed by atoms with Gasteiger partial charge in [-0.15, -0.1) is 16.8 Å². The van der Waals surface area contributed by atoms with Crippen molar-refractivity contribution in [3.8, 4) is 0 Å². The maximum atomic E-state index is 12.8. The lowest BCUT2D eigenvalue weighted by Gasteiger charge is -2.10. The summed E-state index contributed by atoms with van der Waals surface area (Å²) in [4.78, 5) is 12.8. The molecule has 0 bridgehead atoms. The molecule has 4 rings (SSSR count). The Morgan fingerprint density at radius 2 is 1.88 bits per heavy atom. The number of aryl methyl sites for hydroxylation is 1. The first-order chi connectivity index (χ1) is 12.7. The highest BCUT2D eigenvalue weighted by molar-refractivity contribution is 7.98. The third kappa shape index (κ3) is 2.72. The SMILES string of the molecule is C=CCn1c(=O)c2ccccc2n2c(SCc3ccccc3C)nnc12. The Kier molecular flexibility index (Phi) is 4.34. The summed E-state index contributed by atoms with van der Waals surface area (Å²) in [7, 11) is 0. The largest absolute Gasteiger partial charge is 0.272 e. The number of hydrogen-bond acceptors (Lipinski definition) is 4. The Morgan fingerprint density at radius 1 is 1.12 bits per heavy atom. The summed E-state index contributed by atoms with van der Waals surface area (Å²) in [6.45, 7) is 6.26. The van der Waals surface area contributed by atoms with Crippen LogP contribution in [0.2, 0.25) is 0 Å². The molecule has 0 unspecified atom stereocenters. The lowest BCUT2D eigenvalue weighted by molar-refractivity contribution is 0.783. The van der Waals surface area contributed by atoms with Gasteiger partial charge in [0.25, 0.3) is 5.56 Å². The number of fused-ring (bicyclic) bond motifs is 3. The molecule has 0 fully saturated rings. The number of thioether (sulfide) groups is 1. The number of hydrogen-bond donors (Lipinski definition) is 0. The Balaban J connectivity index is 1.88. The molecule has 130 valence electrons. The molecule has 2 aromatic heterocycles. The van der Waals surface area contributed by atoms with Crippen LogP contribution >= 0.6 is 11.8 Å². The van der Waals surface area contributed by atoms with Crippen molar-refractivity contribution < 1.29 is 0 Å². The minimum atomic E-state index is -0.0733. The predicted molar refractivity (Wildman–Crippen MR) is 106 cm³/mol. The van der Waals surface area contributed by atoms with E-state index in [0.29, 0.717) is 17.7 Å². The molecular weight excluding hydrogens is 344 g/mol. The van der Waals surface area contributed by atoms with Gasteiger partial charge >= 0.3 is 0 Å². The molecule has 0 N–H and O–H groups in total. The molecule has 0 saturated carbocycles. The number of aromatic nitrogens is 4. The summed E-state index contributed by atoms with van der Waals surface area (Å²) in [5.41, 5.74) is 3.26. The summed E-state index contributed by atoms with van der Waals surface area (Å²) < 4.78 is 3.57. The van der Waals surface area contributed by atoms with Crippen LogP contribution < -0.4 is 5.56 Å². The summed E-state index contributed by atoms with van der Waals surface area (Å²) in [6.07, 6.45) is 1.70. The second-order valence-electron chi connectivity index (χ2n) is 6.05. The summed E-state index contributed by atoms with van der Waals surface area (Å²) in [5, 5.41) is 10.1. The molecule has 0 amide bonds. The maximum absolute atomic E-state index is 12.8. The number of benzene rings is 2. The molecule has 0 aliphatic carbocycles. The highest BCUT2D eigenvalue weighted by Gasteiger charge is 2.16.